The molecule has 0 saturated carbocycles. The van der Waals surface area contributed by atoms with Crippen LogP contribution in [-0.4, -0.2) is 26.1 Å². The molecule has 0 aromatic heterocycles. The highest BCUT2D eigenvalue weighted by Crippen LogP contribution is 2.24. The van der Waals surface area contributed by atoms with Crippen LogP contribution >= 0.6 is 0 Å². The Morgan fingerprint density at radius 1 is 1.12 bits per heavy atom. The van der Waals surface area contributed by atoms with Gasteiger partial charge in [0, 0.05) is 11.1 Å². The largest absolute Gasteiger partial charge is 0.304 e. The number of benzene rings is 2. The van der Waals surface area contributed by atoms with Crippen LogP contribution in [0.5, 0.6) is 0 Å². The number of sulfone groups is 1. The van der Waals surface area contributed by atoms with E-state index in [4.69, 9.17) is 0 Å². The molecule has 1 aliphatic rings. The van der Waals surface area contributed by atoms with E-state index >= 15 is 0 Å². The molecule has 0 radical (unpaired) electrons. The van der Waals surface area contributed by atoms with Crippen molar-refractivity contribution in [3.8, 4) is 0 Å². The summed E-state index contributed by atoms with van der Waals surface area (Å²) in [5.41, 5.74) is 2.36. The number of rotatable bonds is 4. The SMILES string of the molecule is Cc1ccc(N(C(=O)Cc2ccc(F)cc2)[C@H]2C=CS(=O)(=O)C2)cc1. The van der Waals surface area contributed by atoms with E-state index in [1.54, 1.807) is 24.3 Å². The number of nitrogens with zero attached hydrogens (tertiary/aromatic N) is 1. The van der Waals surface area contributed by atoms with Gasteiger partial charge < -0.3 is 4.90 Å². The Kier molecular flexibility index (Phi) is 4.72. The number of hydrogen-bond donors (Lipinski definition) is 0. The summed E-state index contributed by atoms with van der Waals surface area (Å²) >= 11 is 0. The maximum atomic E-state index is 13.0. The number of carbonyl (C=O) groups is 1. The maximum absolute atomic E-state index is 13.0. The number of aryl methyl sites for hydroxylation is 1. The predicted octanol–water partition coefficient (Wildman–Crippen LogP) is 3.02. The lowest BCUT2D eigenvalue weighted by Crippen LogP contribution is -2.42. The first-order valence-electron chi connectivity index (χ1n) is 7.88. The summed E-state index contributed by atoms with van der Waals surface area (Å²) in [6.07, 6.45) is 1.61. The molecular weight excluding hydrogens is 341 g/mol. The molecule has 0 fully saturated rings. The van der Waals surface area contributed by atoms with Gasteiger partial charge in [0.05, 0.1) is 18.2 Å². The van der Waals surface area contributed by atoms with Gasteiger partial charge in [-0.05, 0) is 42.8 Å². The Labute approximate surface area is 146 Å². The first kappa shape index (κ1) is 17.4. The highest BCUT2D eigenvalue weighted by Gasteiger charge is 2.31. The first-order valence-corrected chi connectivity index (χ1v) is 9.60. The van der Waals surface area contributed by atoms with Crippen molar-refractivity contribution in [2.75, 3.05) is 10.7 Å². The Morgan fingerprint density at radius 2 is 1.76 bits per heavy atom. The molecule has 0 unspecified atom stereocenters. The summed E-state index contributed by atoms with van der Waals surface area (Å²) in [5.74, 6) is -0.727. The van der Waals surface area contributed by atoms with E-state index in [9.17, 15) is 17.6 Å². The van der Waals surface area contributed by atoms with Gasteiger partial charge in [-0.2, -0.15) is 0 Å². The van der Waals surface area contributed by atoms with E-state index in [1.807, 2.05) is 19.1 Å². The molecular formula is C19H18FNO3S. The third-order valence-corrected chi connectivity index (χ3v) is 5.47. The fourth-order valence-corrected chi connectivity index (χ4v) is 4.08. The van der Waals surface area contributed by atoms with Crippen LogP contribution in [0, 0.1) is 12.7 Å². The average Bonchev–Trinajstić information content (AvgIpc) is 2.91. The number of carbonyl (C=O) groups excluding carboxylic acids is 1. The minimum absolute atomic E-state index is 0.0680. The van der Waals surface area contributed by atoms with Crippen LogP contribution in [0.25, 0.3) is 0 Å². The molecule has 0 saturated heterocycles. The van der Waals surface area contributed by atoms with Crippen molar-refractivity contribution >= 4 is 21.4 Å². The normalized spacial score (nSPS) is 18.2. The van der Waals surface area contributed by atoms with Crippen LogP contribution in [0.15, 0.2) is 60.0 Å². The molecule has 0 aliphatic carbocycles. The summed E-state index contributed by atoms with van der Waals surface area (Å²) in [7, 11) is -3.29. The average molecular weight is 359 g/mol. The molecule has 6 heteroatoms. The van der Waals surface area contributed by atoms with E-state index in [2.05, 4.69) is 0 Å². The quantitative estimate of drug-likeness (QED) is 0.843. The van der Waals surface area contributed by atoms with E-state index in [1.165, 1.54) is 23.1 Å². The minimum Gasteiger partial charge on any atom is -0.304 e. The Morgan fingerprint density at radius 3 is 2.32 bits per heavy atom. The third kappa shape index (κ3) is 4.14. The van der Waals surface area contributed by atoms with Crippen molar-refractivity contribution in [2.24, 2.45) is 0 Å². The molecule has 1 amide bonds. The third-order valence-electron chi connectivity index (χ3n) is 4.09. The van der Waals surface area contributed by atoms with Crippen LogP contribution in [-0.2, 0) is 21.1 Å². The number of halogens is 1. The van der Waals surface area contributed by atoms with Gasteiger partial charge in [-0.1, -0.05) is 29.8 Å². The molecule has 3 rings (SSSR count). The Hall–Kier alpha value is -2.47. The van der Waals surface area contributed by atoms with E-state index < -0.39 is 15.9 Å². The Balaban J connectivity index is 1.90. The molecule has 2 aromatic rings. The van der Waals surface area contributed by atoms with Crippen LogP contribution in [0.2, 0.25) is 0 Å². The standard InChI is InChI=1S/C19H18FNO3S/c1-14-2-8-17(9-3-14)21(18-10-11-25(23,24)13-18)19(22)12-15-4-6-16(20)7-5-15/h2-11,18H,12-13H2,1H3/t18-/m0/s1. The first-order chi connectivity index (χ1) is 11.8. The van der Waals surface area contributed by atoms with Crippen LogP contribution in [0.3, 0.4) is 0 Å². The number of amides is 1. The fourth-order valence-electron chi connectivity index (χ4n) is 2.81. The lowest BCUT2D eigenvalue weighted by Gasteiger charge is -2.28. The second kappa shape index (κ2) is 6.80. The molecule has 25 heavy (non-hydrogen) atoms. The summed E-state index contributed by atoms with van der Waals surface area (Å²) in [6, 6.07) is 12.5. The van der Waals surface area contributed by atoms with Gasteiger partial charge in [0.15, 0.2) is 9.84 Å². The van der Waals surface area contributed by atoms with E-state index in [0.717, 1.165) is 11.0 Å². The lowest BCUT2D eigenvalue weighted by atomic mass is 10.1. The van der Waals surface area contributed by atoms with Gasteiger partial charge in [0.2, 0.25) is 5.91 Å². The number of hydrogen-bond acceptors (Lipinski definition) is 3. The predicted molar refractivity (Wildman–Crippen MR) is 95.5 cm³/mol. The van der Waals surface area contributed by atoms with Crippen LogP contribution in [0.4, 0.5) is 10.1 Å². The smallest absolute Gasteiger partial charge is 0.231 e. The molecule has 2 aromatic carbocycles. The molecule has 4 nitrogen and oxygen atoms in total. The minimum atomic E-state index is -3.29. The maximum Gasteiger partial charge on any atom is 0.231 e. The second-order valence-corrected chi connectivity index (χ2v) is 8.06. The van der Waals surface area contributed by atoms with Crippen molar-refractivity contribution in [1.29, 1.82) is 0 Å². The molecule has 1 aliphatic heterocycles. The topological polar surface area (TPSA) is 54.5 Å². The summed E-state index contributed by atoms with van der Waals surface area (Å²) in [6.45, 7) is 1.94. The number of anilines is 1. The highest BCUT2D eigenvalue weighted by molar-refractivity contribution is 7.94. The molecule has 1 atom stereocenters. The van der Waals surface area contributed by atoms with Crippen molar-refractivity contribution in [2.45, 2.75) is 19.4 Å². The zero-order valence-corrected chi connectivity index (χ0v) is 14.5. The van der Waals surface area contributed by atoms with Crippen molar-refractivity contribution in [1.82, 2.24) is 0 Å². The van der Waals surface area contributed by atoms with E-state index in [-0.39, 0.29) is 23.9 Å². The molecule has 0 spiro atoms. The summed E-state index contributed by atoms with van der Waals surface area (Å²) in [4.78, 5) is 14.4. The van der Waals surface area contributed by atoms with Gasteiger partial charge in [-0.25, -0.2) is 12.8 Å². The van der Waals surface area contributed by atoms with E-state index in [0.29, 0.717) is 11.3 Å². The van der Waals surface area contributed by atoms with Gasteiger partial charge >= 0.3 is 0 Å². The van der Waals surface area contributed by atoms with Gasteiger partial charge in [0.25, 0.3) is 0 Å². The monoisotopic (exact) mass is 359 g/mol. The van der Waals surface area contributed by atoms with Crippen molar-refractivity contribution < 1.29 is 17.6 Å². The summed E-state index contributed by atoms with van der Waals surface area (Å²) in [5, 5.41) is 1.16. The fraction of sp³-hybridized carbons (Fsp3) is 0.211. The zero-order chi connectivity index (χ0) is 18.0. The summed E-state index contributed by atoms with van der Waals surface area (Å²) < 4.78 is 36.6. The van der Waals surface area contributed by atoms with Gasteiger partial charge in [-0.3, -0.25) is 4.79 Å². The molecule has 0 bridgehead atoms. The van der Waals surface area contributed by atoms with Crippen LogP contribution in [0.1, 0.15) is 11.1 Å². The molecule has 130 valence electrons. The van der Waals surface area contributed by atoms with Crippen LogP contribution < -0.4 is 4.90 Å². The van der Waals surface area contributed by atoms with Crippen molar-refractivity contribution in [3.05, 3.63) is 77.0 Å². The lowest BCUT2D eigenvalue weighted by molar-refractivity contribution is -0.118. The van der Waals surface area contributed by atoms with Gasteiger partial charge in [0.1, 0.15) is 5.82 Å². The van der Waals surface area contributed by atoms with Crippen molar-refractivity contribution in [3.63, 3.8) is 0 Å². The van der Waals surface area contributed by atoms with Gasteiger partial charge in [-0.15, -0.1) is 0 Å². The molecule has 1 heterocycles. The highest BCUT2D eigenvalue weighted by atomic mass is 32.2. The second-order valence-electron chi connectivity index (χ2n) is 6.13. The molecule has 0 N–H and O–H groups in total. The zero-order valence-electron chi connectivity index (χ0n) is 13.7. The Bertz CT molecular complexity index is 903.